The van der Waals surface area contributed by atoms with Crippen molar-refractivity contribution < 1.29 is 9.21 Å². The van der Waals surface area contributed by atoms with Gasteiger partial charge in [0, 0.05) is 30.4 Å². The summed E-state index contributed by atoms with van der Waals surface area (Å²) in [4.78, 5) is 34.6. The van der Waals surface area contributed by atoms with Gasteiger partial charge in [-0.1, -0.05) is 23.7 Å². The van der Waals surface area contributed by atoms with Gasteiger partial charge in [0.25, 0.3) is 0 Å². The third kappa shape index (κ3) is 4.56. The standard InChI is InChI=1S/C21H21ClN4O3/c22-16-7-5-15(6-8-16)12-17-13-24-20(29-17)18-4-1-2-11-26(18)19(27)14-25-10-3-9-23-21(25)28/h3,5-10,13,18H,1-2,4,11-12,14H2/t18-/m1/s1. The Morgan fingerprint density at radius 3 is 2.83 bits per heavy atom. The van der Waals surface area contributed by atoms with Crippen molar-refractivity contribution in [1.29, 1.82) is 0 Å². The molecule has 1 aliphatic heterocycles. The predicted octanol–water partition coefficient (Wildman–Crippen LogP) is 3.23. The van der Waals surface area contributed by atoms with E-state index >= 15 is 0 Å². The van der Waals surface area contributed by atoms with Crippen LogP contribution in [0.5, 0.6) is 0 Å². The molecule has 0 spiro atoms. The highest BCUT2D eigenvalue weighted by molar-refractivity contribution is 6.30. The highest BCUT2D eigenvalue weighted by atomic mass is 35.5. The normalized spacial score (nSPS) is 16.7. The molecule has 1 saturated heterocycles. The van der Waals surface area contributed by atoms with Crippen LogP contribution in [0.15, 0.2) is 58.1 Å². The van der Waals surface area contributed by atoms with Gasteiger partial charge < -0.3 is 9.32 Å². The van der Waals surface area contributed by atoms with Crippen LogP contribution < -0.4 is 5.69 Å². The van der Waals surface area contributed by atoms with Crippen LogP contribution in [0.4, 0.5) is 0 Å². The van der Waals surface area contributed by atoms with Gasteiger partial charge in [-0.2, -0.15) is 0 Å². The van der Waals surface area contributed by atoms with Gasteiger partial charge in [0.05, 0.1) is 6.20 Å². The zero-order chi connectivity index (χ0) is 20.2. The number of hydrogen-bond donors (Lipinski definition) is 0. The van der Waals surface area contributed by atoms with Crippen LogP contribution in [0.25, 0.3) is 0 Å². The van der Waals surface area contributed by atoms with E-state index in [2.05, 4.69) is 9.97 Å². The fourth-order valence-corrected chi connectivity index (χ4v) is 3.72. The molecule has 0 unspecified atom stereocenters. The Morgan fingerprint density at radius 2 is 2.03 bits per heavy atom. The molecule has 29 heavy (non-hydrogen) atoms. The van der Waals surface area contributed by atoms with Gasteiger partial charge in [0.15, 0.2) is 0 Å². The summed E-state index contributed by atoms with van der Waals surface area (Å²) < 4.78 is 7.31. The molecular formula is C21H21ClN4O3. The lowest BCUT2D eigenvalue weighted by molar-refractivity contribution is -0.136. The number of likely N-dealkylation sites (tertiary alicyclic amines) is 1. The first-order valence-electron chi connectivity index (χ1n) is 9.60. The fourth-order valence-electron chi connectivity index (χ4n) is 3.59. The summed E-state index contributed by atoms with van der Waals surface area (Å²) in [5.41, 5.74) is 0.639. The van der Waals surface area contributed by atoms with E-state index in [1.165, 1.54) is 10.8 Å². The molecule has 0 aliphatic carbocycles. The Morgan fingerprint density at radius 1 is 1.21 bits per heavy atom. The Labute approximate surface area is 173 Å². The number of piperidine rings is 1. The van der Waals surface area contributed by atoms with Gasteiger partial charge >= 0.3 is 5.69 Å². The number of halogens is 1. The molecular weight excluding hydrogens is 392 g/mol. The number of rotatable bonds is 5. The zero-order valence-corrected chi connectivity index (χ0v) is 16.6. The quantitative estimate of drug-likeness (QED) is 0.642. The van der Waals surface area contributed by atoms with E-state index < -0.39 is 5.69 Å². The van der Waals surface area contributed by atoms with Crippen molar-refractivity contribution in [2.75, 3.05) is 6.54 Å². The van der Waals surface area contributed by atoms with Crippen molar-refractivity contribution in [2.45, 2.75) is 38.3 Å². The van der Waals surface area contributed by atoms with E-state index in [9.17, 15) is 9.59 Å². The topological polar surface area (TPSA) is 81.2 Å². The van der Waals surface area contributed by atoms with E-state index in [-0.39, 0.29) is 18.5 Å². The highest BCUT2D eigenvalue weighted by Gasteiger charge is 2.31. The zero-order valence-electron chi connectivity index (χ0n) is 15.8. The molecule has 1 atom stereocenters. The molecule has 150 valence electrons. The van der Waals surface area contributed by atoms with Gasteiger partial charge in [-0.05, 0) is 43.0 Å². The lowest BCUT2D eigenvalue weighted by Gasteiger charge is -2.33. The van der Waals surface area contributed by atoms with Crippen LogP contribution >= 0.6 is 11.6 Å². The number of oxazole rings is 1. The average Bonchev–Trinajstić information content (AvgIpc) is 3.20. The highest BCUT2D eigenvalue weighted by Crippen LogP contribution is 2.31. The van der Waals surface area contributed by atoms with Crippen LogP contribution in [-0.4, -0.2) is 31.9 Å². The lowest BCUT2D eigenvalue weighted by Crippen LogP contribution is -2.42. The van der Waals surface area contributed by atoms with Crippen molar-refractivity contribution in [2.24, 2.45) is 0 Å². The second kappa shape index (κ2) is 8.61. The largest absolute Gasteiger partial charge is 0.443 e. The monoisotopic (exact) mass is 412 g/mol. The molecule has 3 heterocycles. The van der Waals surface area contributed by atoms with Gasteiger partial charge in [0.2, 0.25) is 11.8 Å². The van der Waals surface area contributed by atoms with E-state index in [0.29, 0.717) is 23.9 Å². The van der Waals surface area contributed by atoms with Crippen molar-refractivity contribution in [3.63, 3.8) is 0 Å². The smallest absolute Gasteiger partial charge is 0.347 e. The summed E-state index contributed by atoms with van der Waals surface area (Å²) in [6, 6.07) is 9.01. The molecule has 1 aliphatic rings. The number of carbonyl (C=O) groups excluding carboxylic acids is 1. The summed E-state index contributed by atoms with van der Waals surface area (Å²) >= 11 is 5.94. The maximum Gasteiger partial charge on any atom is 0.347 e. The third-order valence-electron chi connectivity index (χ3n) is 5.06. The number of aromatic nitrogens is 3. The van der Waals surface area contributed by atoms with E-state index in [0.717, 1.165) is 30.6 Å². The number of nitrogens with zero attached hydrogens (tertiary/aromatic N) is 4. The predicted molar refractivity (Wildman–Crippen MR) is 108 cm³/mol. The number of amides is 1. The maximum atomic E-state index is 12.9. The van der Waals surface area contributed by atoms with Gasteiger partial charge in [-0.25, -0.2) is 14.8 Å². The second-order valence-corrected chi connectivity index (χ2v) is 7.53. The molecule has 1 aromatic carbocycles. The van der Waals surface area contributed by atoms with E-state index in [1.54, 1.807) is 23.4 Å². The minimum atomic E-state index is -0.434. The summed E-state index contributed by atoms with van der Waals surface area (Å²) in [5.74, 6) is 1.14. The molecule has 0 bridgehead atoms. The Hall–Kier alpha value is -2.93. The number of hydrogen-bond acceptors (Lipinski definition) is 5. The molecule has 1 fully saturated rings. The molecule has 2 aromatic heterocycles. The Kier molecular flexibility index (Phi) is 5.76. The third-order valence-corrected chi connectivity index (χ3v) is 5.31. The van der Waals surface area contributed by atoms with Gasteiger partial charge in [-0.15, -0.1) is 0 Å². The average molecular weight is 413 g/mol. The molecule has 7 nitrogen and oxygen atoms in total. The second-order valence-electron chi connectivity index (χ2n) is 7.10. The van der Waals surface area contributed by atoms with Crippen LogP contribution in [0.1, 0.15) is 42.5 Å². The fraction of sp³-hybridized carbons (Fsp3) is 0.333. The maximum absolute atomic E-state index is 12.9. The Bertz CT molecular complexity index is 1040. The van der Waals surface area contributed by atoms with Crippen molar-refractivity contribution in [3.05, 3.63) is 81.6 Å². The summed E-state index contributed by atoms with van der Waals surface area (Å²) in [6.07, 6.45) is 8.01. The van der Waals surface area contributed by atoms with Crippen LogP contribution in [0, 0.1) is 0 Å². The van der Waals surface area contributed by atoms with Gasteiger partial charge in [-0.3, -0.25) is 9.36 Å². The van der Waals surface area contributed by atoms with E-state index in [1.807, 2.05) is 24.3 Å². The molecule has 0 saturated carbocycles. The first-order valence-corrected chi connectivity index (χ1v) is 9.98. The number of benzene rings is 1. The summed E-state index contributed by atoms with van der Waals surface area (Å²) in [7, 11) is 0. The molecule has 4 rings (SSSR count). The van der Waals surface area contributed by atoms with E-state index in [4.69, 9.17) is 16.0 Å². The number of carbonyl (C=O) groups is 1. The van der Waals surface area contributed by atoms with Crippen LogP contribution in [-0.2, 0) is 17.8 Å². The summed E-state index contributed by atoms with van der Waals surface area (Å²) in [5, 5.41) is 0.691. The molecule has 1 amide bonds. The first kappa shape index (κ1) is 19.4. The minimum absolute atomic E-state index is 0.0402. The van der Waals surface area contributed by atoms with Crippen LogP contribution in [0.2, 0.25) is 5.02 Å². The lowest BCUT2D eigenvalue weighted by atomic mass is 10.0. The van der Waals surface area contributed by atoms with Crippen molar-refractivity contribution in [1.82, 2.24) is 19.4 Å². The SMILES string of the molecule is O=C(Cn1cccnc1=O)N1CCCC[C@@H]1c1ncc(Cc2ccc(Cl)cc2)o1. The molecule has 0 N–H and O–H groups in total. The molecule has 8 heteroatoms. The van der Waals surface area contributed by atoms with Crippen LogP contribution in [0.3, 0.4) is 0 Å². The molecule has 3 aromatic rings. The Balaban J connectivity index is 1.49. The van der Waals surface area contributed by atoms with Crippen molar-refractivity contribution in [3.8, 4) is 0 Å². The van der Waals surface area contributed by atoms with Gasteiger partial charge in [0.1, 0.15) is 18.3 Å². The molecule has 0 radical (unpaired) electrons. The minimum Gasteiger partial charge on any atom is -0.443 e. The first-order chi connectivity index (χ1) is 14.1. The summed E-state index contributed by atoms with van der Waals surface area (Å²) in [6.45, 7) is 0.578. The van der Waals surface area contributed by atoms with Crippen molar-refractivity contribution >= 4 is 17.5 Å².